The summed E-state index contributed by atoms with van der Waals surface area (Å²) in [4.78, 5) is 11.1. The highest BCUT2D eigenvalue weighted by molar-refractivity contribution is 14.1. The number of rotatable bonds is 11. The fraction of sp³-hybridized carbons (Fsp3) is 0.321. The minimum absolute atomic E-state index is 0.135. The Bertz CT molecular complexity index is 1120. The van der Waals surface area contributed by atoms with Gasteiger partial charge in [-0.2, -0.15) is 0 Å². The van der Waals surface area contributed by atoms with Crippen molar-refractivity contribution in [3.63, 3.8) is 0 Å². The molecule has 6 heteroatoms. The Kier molecular flexibility index (Phi) is 8.11. The molecule has 0 heterocycles. The van der Waals surface area contributed by atoms with Crippen LogP contribution in [0.25, 0.3) is 11.1 Å². The maximum absolute atomic E-state index is 11.1. The molecule has 1 N–H and O–H groups in total. The molecule has 3 aromatic rings. The molecule has 0 unspecified atom stereocenters. The SMILES string of the molecule is CCOCCOc1cc(C)c(-c2cccc(COc3ccc([C@@H]4C[C@H]4C(=O)O)cc3)c2)c(I)c1. The van der Waals surface area contributed by atoms with Gasteiger partial charge >= 0.3 is 5.97 Å². The summed E-state index contributed by atoms with van der Waals surface area (Å²) in [6, 6.07) is 20.3. The van der Waals surface area contributed by atoms with Crippen molar-refractivity contribution in [2.75, 3.05) is 19.8 Å². The lowest BCUT2D eigenvalue weighted by Crippen LogP contribution is -2.06. The van der Waals surface area contributed by atoms with Gasteiger partial charge in [0.15, 0.2) is 0 Å². The molecule has 0 aliphatic heterocycles. The van der Waals surface area contributed by atoms with Crippen LogP contribution in [0.3, 0.4) is 0 Å². The molecule has 34 heavy (non-hydrogen) atoms. The molecule has 1 aliphatic carbocycles. The number of carbonyl (C=O) groups is 1. The van der Waals surface area contributed by atoms with E-state index < -0.39 is 5.97 Å². The van der Waals surface area contributed by atoms with Crippen LogP contribution in [0.15, 0.2) is 60.7 Å². The molecule has 178 valence electrons. The van der Waals surface area contributed by atoms with Crippen molar-refractivity contribution < 1.29 is 24.1 Å². The Labute approximate surface area is 214 Å². The maximum atomic E-state index is 11.1. The van der Waals surface area contributed by atoms with E-state index in [1.807, 2.05) is 31.2 Å². The first-order valence-electron chi connectivity index (χ1n) is 11.5. The Morgan fingerprint density at radius 3 is 2.50 bits per heavy atom. The predicted molar refractivity (Wildman–Crippen MR) is 141 cm³/mol. The van der Waals surface area contributed by atoms with Crippen LogP contribution in [0.4, 0.5) is 0 Å². The van der Waals surface area contributed by atoms with Crippen molar-refractivity contribution in [2.24, 2.45) is 5.92 Å². The van der Waals surface area contributed by atoms with E-state index in [1.165, 1.54) is 5.56 Å². The molecule has 0 amide bonds. The zero-order valence-electron chi connectivity index (χ0n) is 19.4. The fourth-order valence-electron chi connectivity index (χ4n) is 4.16. The van der Waals surface area contributed by atoms with Crippen LogP contribution < -0.4 is 9.47 Å². The molecule has 3 aromatic carbocycles. The van der Waals surface area contributed by atoms with Gasteiger partial charge < -0.3 is 19.3 Å². The second-order valence-electron chi connectivity index (χ2n) is 8.49. The lowest BCUT2D eigenvalue weighted by atomic mass is 9.99. The molecule has 0 bridgehead atoms. The quantitative estimate of drug-likeness (QED) is 0.212. The highest BCUT2D eigenvalue weighted by atomic mass is 127. The molecule has 5 nitrogen and oxygen atoms in total. The van der Waals surface area contributed by atoms with Gasteiger partial charge in [-0.25, -0.2) is 0 Å². The number of hydrogen-bond donors (Lipinski definition) is 1. The van der Waals surface area contributed by atoms with E-state index in [4.69, 9.17) is 19.3 Å². The topological polar surface area (TPSA) is 65.0 Å². The predicted octanol–water partition coefficient (Wildman–Crippen LogP) is 6.45. The van der Waals surface area contributed by atoms with Crippen LogP contribution in [0.2, 0.25) is 0 Å². The fourth-order valence-corrected chi connectivity index (χ4v) is 5.20. The van der Waals surface area contributed by atoms with Crippen LogP contribution in [0, 0.1) is 16.4 Å². The smallest absolute Gasteiger partial charge is 0.307 e. The number of hydrogen-bond acceptors (Lipinski definition) is 4. The van der Waals surface area contributed by atoms with E-state index in [0.717, 1.165) is 43.7 Å². The van der Waals surface area contributed by atoms with E-state index in [9.17, 15) is 4.79 Å². The third-order valence-corrected chi connectivity index (χ3v) is 6.85. The highest BCUT2D eigenvalue weighted by Crippen LogP contribution is 2.47. The van der Waals surface area contributed by atoms with Crippen molar-refractivity contribution in [3.05, 3.63) is 80.9 Å². The average Bonchev–Trinajstić information content (AvgIpc) is 3.62. The molecule has 2 atom stereocenters. The Morgan fingerprint density at radius 1 is 1.03 bits per heavy atom. The van der Waals surface area contributed by atoms with Crippen molar-refractivity contribution in [3.8, 4) is 22.6 Å². The summed E-state index contributed by atoms with van der Waals surface area (Å²) in [7, 11) is 0. The minimum atomic E-state index is -0.709. The molecule has 0 spiro atoms. The molecular formula is C28H29IO5. The van der Waals surface area contributed by atoms with Gasteiger partial charge in [0, 0.05) is 10.2 Å². The molecule has 4 rings (SSSR count). The Hall–Kier alpha value is -2.58. The molecule has 0 radical (unpaired) electrons. The molecule has 1 aliphatic rings. The normalized spacial score (nSPS) is 16.8. The number of benzene rings is 3. The van der Waals surface area contributed by atoms with E-state index in [2.05, 4.69) is 65.9 Å². The summed E-state index contributed by atoms with van der Waals surface area (Å²) in [5, 5.41) is 9.12. The second-order valence-corrected chi connectivity index (χ2v) is 9.65. The van der Waals surface area contributed by atoms with Gasteiger partial charge in [0.05, 0.1) is 12.5 Å². The summed E-state index contributed by atoms with van der Waals surface area (Å²) < 4.78 is 18.3. The average molecular weight is 572 g/mol. The molecule has 0 aromatic heterocycles. The monoisotopic (exact) mass is 572 g/mol. The summed E-state index contributed by atoms with van der Waals surface area (Å²) in [5.74, 6) is 0.820. The number of carboxylic acid groups (broad SMARTS) is 1. The van der Waals surface area contributed by atoms with Gasteiger partial charge in [0.2, 0.25) is 0 Å². The number of halogens is 1. The second kappa shape index (κ2) is 11.2. The van der Waals surface area contributed by atoms with Gasteiger partial charge in [-0.15, -0.1) is 0 Å². The van der Waals surface area contributed by atoms with Gasteiger partial charge in [0.1, 0.15) is 24.7 Å². The number of ether oxygens (including phenoxy) is 3. The lowest BCUT2D eigenvalue weighted by molar-refractivity contribution is -0.138. The zero-order chi connectivity index (χ0) is 24.1. The van der Waals surface area contributed by atoms with Crippen molar-refractivity contribution in [1.82, 2.24) is 0 Å². The molecule has 1 saturated carbocycles. The van der Waals surface area contributed by atoms with Crippen LogP contribution in [-0.4, -0.2) is 30.9 Å². The van der Waals surface area contributed by atoms with Gasteiger partial charge in [0.25, 0.3) is 0 Å². The lowest BCUT2D eigenvalue weighted by Gasteiger charge is -2.14. The van der Waals surface area contributed by atoms with E-state index >= 15 is 0 Å². The molecule has 0 saturated heterocycles. The summed E-state index contributed by atoms with van der Waals surface area (Å²) >= 11 is 2.37. The third kappa shape index (κ3) is 6.10. The van der Waals surface area contributed by atoms with Gasteiger partial charge in [-0.3, -0.25) is 4.79 Å². The summed E-state index contributed by atoms with van der Waals surface area (Å²) in [6.07, 6.45) is 0.723. The van der Waals surface area contributed by atoms with Gasteiger partial charge in [-0.1, -0.05) is 30.3 Å². The summed E-state index contributed by atoms with van der Waals surface area (Å²) in [5.41, 5.74) is 5.65. The van der Waals surface area contributed by atoms with E-state index in [-0.39, 0.29) is 11.8 Å². The van der Waals surface area contributed by atoms with Gasteiger partial charge in [-0.05, 0) is 107 Å². The number of carboxylic acids is 1. The first-order valence-corrected chi connectivity index (χ1v) is 12.6. The van der Waals surface area contributed by atoms with Crippen molar-refractivity contribution in [2.45, 2.75) is 32.8 Å². The van der Waals surface area contributed by atoms with E-state index in [0.29, 0.717) is 26.4 Å². The maximum Gasteiger partial charge on any atom is 0.307 e. The first kappa shape index (κ1) is 24.5. The first-order chi connectivity index (χ1) is 16.5. The van der Waals surface area contributed by atoms with Crippen LogP contribution in [0.5, 0.6) is 11.5 Å². The van der Waals surface area contributed by atoms with Crippen LogP contribution in [-0.2, 0) is 16.1 Å². The third-order valence-electron chi connectivity index (χ3n) is 6.00. The highest BCUT2D eigenvalue weighted by Gasteiger charge is 2.44. The molecular weight excluding hydrogens is 543 g/mol. The largest absolute Gasteiger partial charge is 0.491 e. The number of aryl methyl sites for hydroxylation is 1. The van der Waals surface area contributed by atoms with Crippen molar-refractivity contribution >= 4 is 28.6 Å². The Morgan fingerprint density at radius 2 is 1.82 bits per heavy atom. The zero-order valence-corrected chi connectivity index (χ0v) is 21.6. The summed E-state index contributed by atoms with van der Waals surface area (Å²) in [6.45, 7) is 6.36. The molecule has 1 fully saturated rings. The number of aliphatic carboxylic acids is 1. The minimum Gasteiger partial charge on any atom is -0.491 e. The Balaban J connectivity index is 1.40. The standard InChI is InChI=1S/C28H29IO5/c1-3-32-11-12-33-23-13-18(2)27(26(29)15-23)21-6-4-5-19(14-21)17-34-22-9-7-20(8-10-22)24-16-25(24)28(30)31/h4-10,13-15,24-25H,3,11-12,16-17H2,1-2H3,(H,30,31)/t24-,25+/m0/s1. The van der Waals surface area contributed by atoms with E-state index in [1.54, 1.807) is 0 Å². The van der Waals surface area contributed by atoms with Crippen LogP contribution >= 0.6 is 22.6 Å². The van der Waals surface area contributed by atoms with Crippen LogP contribution in [0.1, 0.15) is 36.0 Å². The van der Waals surface area contributed by atoms with Crippen molar-refractivity contribution in [1.29, 1.82) is 0 Å².